The molecule has 0 saturated carbocycles. The third-order valence-electron chi connectivity index (χ3n) is 4.01. The van der Waals surface area contributed by atoms with Gasteiger partial charge in [-0.05, 0) is 49.0 Å². The lowest BCUT2D eigenvalue weighted by Crippen LogP contribution is -2.33. The molecule has 0 fully saturated rings. The highest BCUT2D eigenvalue weighted by Gasteiger charge is 2.11. The summed E-state index contributed by atoms with van der Waals surface area (Å²) >= 11 is 13.3. The van der Waals surface area contributed by atoms with Gasteiger partial charge in [-0.3, -0.25) is 4.79 Å². The van der Waals surface area contributed by atoms with Crippen LogP contribution >= 0.6 is 35.2 Å². The molecule has 7 heteroatoms. The van der Waals surface area contributed by atoms with Crippen LogP contribution in [0.3, 0.4) is 0 Å². The third-order valence-corrected chi connectivity index (χ3v) is 5.60. The Bertz CT molecular complexity index is 938. The number of nitrogens with one attached hydrogen (secondary N) is 2. The monoisotopic (exact) mass is 417 g/mol. The van der Waals surface area contributed by atoms with E-state index in [0.717, 1.165) is 45.7 Å². The van der Waals surface area contributed by atoms with Crippen LogP contribution in [-0.2, 0) is 4.79 Å². The molecular formula is C20H20ClN3OS2. The largest absolute Gasteiger partial charge is 0.332 e. The van der Waals surface area contributed by atoms with Crippen LogP contribution in [0, 0.1) is 0 Å². The molecule has 3 rings (SSSR count). The number of thiazole rings is 1. The summed E-state index contributed by atoms with van der Waals surface area (Å²) in [6.45, 7) is 2.10. The molecule has 27 heavy (non-hydrogen) atoms. The van der Waals surface area contributed by atoms with Crippen molar-refractivity contribution in [2.75, 3.05) is 5.32 Å². The van der Waals surface area contributed by atoms with E-state index in [4.69, 9.17) is 23.8 Å². The van der Waals surface area contributed by atoms with Gasteiger partial charge >= 0.3 is 0 Å². The molecule has 2 aromatic carbocycles. The highest BCUT2D eigenvalue weighted by Crippen LogP contribution is 2.35. The third kappa shape index (κ3) is 5.25. The second-order valence-corrected chi connectivity index (χ2v) is 7.99. The van der Waals surface area contributed by atoms with Crippen LogP contribution in [0.1, 0.15) is 32.6 Å². The number of thiocarbonyl (C=S) groups is 1. The lowest BCUT2D eigenvalue weighted by molar-refractivity contribution is -0.119. The smallest absolute Gasteiger partial charge is 0.226 e. The number of hydrogen-bond donors (Lipinski definition) is 2. The van der Waals surface area contributed by atoms with Crippen molar-refractivity contribution in [3.8, 4) is 10.6 Å². The van der Waals surface area contributed by atoms with E-state index >= 15 is 0 Å². The zero-order valence-corrected chi connectivity index (χ0v) is 17.3. The minimum atomic E-state index is -0.0712. The normalized spacial score (nSPS) is 10.7. The van der Waals surface area contributed by atoms with Crippen LogP contribution in [0.5, 0.6) is 0 Å². The van der Waals surface area contributed by atoms with Gasteiger partial charge in [0.05, 0.1) is 15.2 Å². The second-order valence-electron chi connectivity index (χ2n) is 6.14. The van der Waals surface area contributed by atoms with E-state index in [1.807, 2.05) is 36.4 Å². The fourth-order valence-electron chi connectivity index (χ4n) is 2.64. The number of hydrogen-bond acceptors (Lipinski definition) is 4. The highest BCUT2D eigenvalue weighted by atomic mass is 35.5. The standard InChI is InChI=1S/C20H20ClN3OS2/c1-2-3-4-9-18(25)24-20(26)22-13-10-11-14(15(21)12-13)19-23-16-7-5-6-8-17(16)27-19/h5-8,10-12H,2-4,9H2,1H3,(H2,22,24,25,26). The summed E-state index contributed by atoms with van der Waals surface area (Å²) in [5.41, 5.74) is 2.56. The van der Waals surface area contributed by atoms with Crippen molar-refractivity contribution >= 4 is 62.1 Å². The molecule has 0 aliphatic carbocycles. The van der Waals surface area contributed by atoms with Gasteiger partial charge < -0.3 is 10.6 Å². The number of carbonyl (C=O) groups excluding carboxylic acids is 1. The second kappa shape index (κ2) is 9.26. The fourth-order valence-corrected chi connectivity index (χ4v) is 4.20. The van der Waals surface area contributed by atoms with Crippen LogP contribution in [0.15, 0.2) is 42.5 Å². The Morgan fingerprint density at radius 3 is 2.78 bits per heavy atom. The fraction of sp³-hybridized carbons (Fsp3) is 0.250. The number of unbranched alkanes of at least 4 members (excludes halogenated alkanes) is 2. The molecule has 0 bridgehead atoms. The molecule has 1 heterocycles. The quantitative estimate of drug-likeness (QED) is 0.381. The first-order chi connectivity index (χ1) is 13.1. The van der Waals surface area contributed by atoms with Gasteiger partial charge in [-0.15, -0.1) is 11.3 Å². The molecule has 140 valence electrons. The molecule has 1 amide bonds. The van der Waals surface area contributed by atoms with Crippen molar-refractivity contribution in [3.05, 3.63) is 47.5 Å². The van der Waals surface area contributed by atoms with Gasteiger partial charge in [0.15, 0.2) is 5.11 Å². The van der Waals surface area contributed by atoms with E-state index in [2.05, 4.69) is 22.5 Å². The van der Waals surface area contributed by atoms with Crippen LogP contribution in [0.4, 0.5) is 5.69 Å². The lowest BCUT2D eigenvalue weighted by atomic mass is 10.2. The molecule has 0 aliphatic heterocycles. The molecule has 3 aromatic rings. The number of benzene rings is 2. The van der Waals surface area contributed by atoms with Crippen LogP contribution in [0.2, 0.25) is 5.02 Å². The molecule has 0 spiro atoms. The first-order valence-electron chi connectivity index (χ1n) is 8.83. The van der Waals surface area contributed by atoms with Crippen molar-refractivity contribution < 1.29 is 4.79 Å². The molecule has 2 N–H and O–H groups in total. The Morgan fingerprint density at radius 1 is 1.22 bits per heavy atom. The molecule has 1 aromatic heterocycles. The Balaban J connectivity index is 1.66. The first-order valence-corrected chi connectivity index (χ1v) is 10.4. The summed E-state index contributed by atoms with van der Waals surface area (Å²) in [6, 6.07) is 13.6. The van der Waals surface area contributed by atoms with Gasteiger partial charge in [0.2, 0.25) is 5.91 Å². The Hall–Kier alpha value is -2.02. The zero-order valence-electron chi connectivity index (χ0n) is 14.9. The number of aromatic nitrogens is 1. The number of anilines is 1. The predicted octanol–water partition coefficient (Wildman–Crippen LogP) is 6.01. The number of amides is 1. The van der Waals surface area contributed by atoms with E-state index in [0.29, 0.717) is 11.4 Å². The van der Waals surface area contributed by atoms with Crippen molar-refractivity contribution in [1.82, 2.24) is 10.3 Å². The van der Waals surface area contributed by atoms with E-state index in [-0.39, 0.29) is 11.0 Å². The van der Waals surface area contributed by atoms with Crippen LogP contribution in [-0.4, -0.2) is 16.0 Å². The molecule has 0 aliphatic rings. The number of fused-ring (bicyclic) bond motifs is 1. The van der Waals surface area contributed by atoms with Gasteiger partial charge in [0.25, 0.3) is 0 Å². The van der Waals surface area contributed by atoms with E-state index in [1.165, 1.54) is 0 Å². The lowest BCUT2D eigenvalue weighted by Gasteiger charge is -2.11. The maximum Gasteiger partial charge on any atom is 0.226 e. The molecule has 0 unspecified atom stereocenters. The van der Waals surface area contributed by atoms with Crippen molar-refractivity contribution in [3.63, 3.8) is 0 Å². The average molecular weight is 418 g/mol. The molecule has 4 nitrogen and oxygen atoms in total. The van der Waals surface area contributed by atoms with Gasteiger partial charge in [0.1, 0.15) is 5.01 Å². The number of rotatable bonds is 6. The highest BCUT2D eigenvalue weighted by molar-refractivity contribution is 7.80. The SMILES string of the molecule is CCCCCC(=O)NC(=S)Nc1ccc(-c2nc3ccccc3s2)c(Cl)c1. The summed E-state index contributed by atoms with van der Waals surface area (Å²) in [6.07, 6.45) is 3.46. The minimum Gasteiger partial charge on any atom is -0.332 e. The molecule has 0 saturated heterocycles. The summed E-state index contributed by atoms with van der Waals surface area (Å²) in [5.74, 6) is -0.0712. The first kappa shape index (κ1) is 19.7. The summed E-state index contributed by atoms with van der Waals surface area (Å²) in [7, 11) is 0. The van der Waals surface area contributed by atoms with E-state index in [1.54, 1.807) is 17.4 Å². The van der Waals surface area contributed by atoms with Gasteiger partial charge in [-0.2, -0.15) is 0 Å². The van der Waals surface area contributed by atoms with Gasteiger partial charge in [0, 0.05) is 17.7 Å². The Kier molecular flexibility index (Phi) is 6.77. The van der Waals surface area contributed by atoms with Gasteiger partial charge in [-0.25, -0.2) is 4.98 Å². The minimum absolute atomic E-state index is 0.0712. The van der Waals surface area contributed by atoms with Crippen molar-refractivity contribution in [1.29, 1.82) is 0 Å². The van der Waals surface area contributed by atoms with Crippen LogP contribution in [0.25, 0.3) is 20.8 Å². The van der Waals surface area contributed by atoms with E-state index in [9.17, 15) is 4.79 Å². The number of para-hydroxylation sites is 1. The Morgan fingerprint density at radius 2 is 2.04 bits per heavy atom. The average Bonchev–Trinajstić information content (AvgIpc) is 3.05. The maximum atomic E-state index is 11.8. The van der Waals surface area contributed by atoms with Gasteiger partial charge in [-0.1, -0.05) is 43.5 Å². The molecule has 0 radical (unpaired) electrons. The number of halogens is 1. The number of nitrogens with zero attached hydrogens (tertiary/aromatic N) is 1. The maximum absolute atomic E-state index is 11.8. The molecule has 0 atom stereocenters. The zero-order chi connectivity index (χ0) is 19.2. The topological polar surface area (TPSA) is 54.0 Å². The van der Waals surface area contributed by atoms with E-state index < -0.39 is 0 Å². The molecular weight excluding hydrogens is 398 g/mol. The summed E-state index contributed by atoms with van der Waals surface area (Å²) in [5, 5.41) is 7.44. The van der Waals surface area contributed by atoms with Crippen molar-refractivity contribution in [2.24, 2.45) is 0 Å². The van der Waals surface area contributed by atoms with Crippen LogP contribution < -0.4 is 10.6 Å². The number of carbonyl (C=O) groups is 1. The Labute approximate surface area is 173 Å². The van der Waals surface area contributed by atoms with Crippen molar-refractivity contribution in [2.45, 2.75) is 32.6 Å². The summed E-state index contributed by atoms with van der Waals surface area (Å²) in [4.78, 5) is 16.5. The summed E-state index contributed by atoms with van der Waals surface area (Å²) < 4.78 is 1.12. The predicted molar refractivity (Wildman–Crippen MR) is 119 cm³/mol.